The van der Waals surface area contributed by atoms with Gasteiger partial charge in [-0.3, -0.25) is 5.10 Å². The van der Waals surface area contributed by atoms with Crippen LogP contribution in [0.15, 0.2) is 40.0 Å². The van der Waals surface area contributed by atoms with Crippen molar-refractivity contribution >= 4 is 27.7 Å². The zero-order valence-corrected chi connectivity index (χ0v) is 12.8. The molecule has 0 amide bonds. The number of hydrogen-bond donors (Lipinski definition) is 2. The number of fused-ring (bicyclic) bond motifs is 1. The predicted octanol–water partition coefficient (Wildman–Crippen LogP) is 2.85. The Morgan fingerprint density at radius 1 is 1.33 bits per heavy atom. The number of esters is 1. The Kier molecular flexibility index (Phi) is 2.68. The molecule has 3 heterocycles. The first-order valence-electron chi connectivity index (χ1n) is 6.62. The largest absolute Gasteiger partial charge is 0.456 e. The maximum atomic E-state index is 12.1. The summed E-state index contributed by atoms with van der Waals surface area (Å²) in [4.78, 5) is 12.1. The Bertz CT molecular complexity index is 777. The molecule has 0 spiro atoms. The highest BCUT2D eigenvalue weighted by Gasteiger charge is 2.40. The number of carbonyl (C=O) groups excluding carboxylic acids is 1. The van der Waals surface area contributed by atoms with Crippen molar-refractivity contribution in [2.75, 3.05) is 11.9 Å². The highest BCUT2D eigenvalue weighted by Crippen LogP contribution is 2.44. The molecule has 1 aromatic carbocycles. The molecule has 0 aliphatic carbocycles. The molecule has 0 saturated carbocycles. The molecule has 2 aliphatic rings. The number of H-pyrrole nitrogens is 1. The van der Waals surface area contributed by atoms with Gasteiger partial charge in [0.15, 0.2) is 5.82 Å². The van der Waals surface area contributed by atoms with Crippen molar-refractivity contribution in [3.63, 3.8) is 0 Å². The predicted molar refractivity (Wildman–Crippen MR) is 80.9 cm³/mol. The monoisotopic (exact) mass is 345 g/mol. The summed E-state index contributed by atoms with van der Waals surface area (Å²) in [6.45, 7) is 2.25. The van der Waals surface area contributed by atoms with E-state index in [0.29, 0.717) is 5.57 Å². The van der Waals surface area contributed by atoms with Crippen molar-refractivity contribution in [2.24, 2.45) is 0 Å². The van der Waals surface area contributed by atoms with Gasteiger partial charge in [-0.1, -0.05) is 28.1 Å². The van der Waals surface area contributed by atoms with Crippen LogP contribution < -0.4 is 5.32 Å². The lowest BCUT2D eigenvalue weighted by atomic mass is 9.82. The number of nitrogens with one attached hydrogen (secondary N) is 2. The molecule has 2 N–H and O–H groups in total. The number of hydrogen-bond acceptors (Lipinski definition) is 4. The molecule has 0 unspecified atom stereocenters. The second kappa shape index (κ2) is 4.46. The van der Waals surface area contributed by atoms with Gasteiger partial charge in [-0.2, -0.15) is 5.10 Å². The molecule has 0 fully saturated rings. The number of benzene rings is 1. The van der Waals surface area contributed by atoms with Gasteiger partial charge in [-0.25, -0.2) is 4.79 Å². The molecule has 21 heavy (non-hydrogen) atoms. The Hall–Kier alpha value is -2.08. The van der Waals surface area contributed by atoms with E-state index in [1.165, 1.54) is 0 Å². The average molecular weight is 346 g/mol. The van der Waals surface area contributed by atoms with E-state index in [1.807, 2.05) is 31.2 Å². The van der Waals surface area contributed by atoms with Crippen LogP contribution in [0, 0.1) is 6.92 Å². The van der Waals surface area contributed by atoms with Gasteiger partial charge in [0.25, 0.3) is 0 Å². The summed E-state index contributed by atoms with van der Waals surface area (Å²) in [6, 6.07) is 8.00. The van der Waals surface area contributed by atoms with E-state index in [9.17, 15) is 4.79 Å². The van der Waals surface area contributed by atoms with Crippen LogP contribution in [0.3, 0.4) is 0 Å². The van der Waals surface area contributed by atoms with Crippen LogP contribution in [0.1, 0.15) is 22.7 Å². The number of ether oxygens (including phenoxy) is 1. The molecule has 0 radical (unpaired) electrons. The van der Waals surface area contributed by atoms with Crippen molar-refractivity contribution in [3.8, 4) is 0 Å². The minimum Gasteiger partial charge on any atom is -0.456 e. The molecule has 1 atom stereocenters. The van der Waals surface area contributed by atoms with Crippen LogP contribution >= 0.6 is 15.9 Å². The highest BCUT2D eigenvalue weighted by atomic mass is 79.9. The maximum Gasteiger partial charge on any atom is 0.337 e. The molecule has 4 rings (SSSR count). The van der Waals surface area contributed by atoms with Crippen molar-refractivity contribution < 1.29 is 9.53 Å². The lowest BCUT2D eigenvalue weighted by molar-refractivity contribution is -0.136. The fraction of sp³-hybridized carbons (Fsp3) is 0.200. The number of rotatable bonds is 1. The SMILES string of the molecule is Cc1[nH]nc2c1[C@@H](c1ccc(Br)cc1)C1=C(COC1=O)N2. The molecule has 1 aromatic heterocycles. The first-order chi connectivity index (χ1) is 10.1. The summed E-state index contributed by atoms with van der Waals surface area (Å²) in [6.07, 6.45) is 0. The topological polar surface area (TPSA) is 67.0 Å². The molecule has 2 aromatic rings. The van der Waals surface area contributed by atoms with Crippen LogP contribution in [0.4, 0.5) is 5.82 Å². The lowest BCUT2D eigenvalue weighted by Gasteiger charge is -2.24. The van der Waals surface area contributed by atoms with Crippen molar-refractivity contribution in [1.82, 2.24) is 10.2 Å². The van der Waals surface area contributed by atoms with Gasteiger partial charge in [0.1, 0.15) is 6.61 Å². The number of aromatic nitrogens is 2. The number of carbonyl (C=O) groups is 1. The fourth-order valence-corrected chi connectivity index (χ4v) is 3.24. The molecule has 0 bridgehead atoms. The highest BCUT2D eigenvalue weighted by molar-refractivity contribution is 9.10. The van der Waals surface area contributed by atoms with Crippen molar-refractivity contribution in [1.29, 1.82) is 0 Å². The van der Waals surface area contributed by atoms with Crippen molar-refractivity contribution in [2.45, 2.75) is 12.8 Å². The van der Waals surface area contributed by atoms with Gasteiger partial charge in [-0.15, -0.1) is 0 Å². The quantitative estimate of drug-likeness (QED) is 0.780. The van der Waals surface area contributed by atoms with E-state index in [0.717, 1.165) is 32.8 Å². The number of anilines is 1. The van der Waals surface area contributed by atoms with E-state index < -0.39 is 0 Å². The van der Waals surface area contributed by atoms with E-state index in [-0.39, 0.29) is 18.5 Å². The van der Waals surface area contributed by atoms with Gasteiger partial charge in [0.05, 0.1) is 11.3 Å². The average Bonchev–Trinajstić information content (AvgIpc) is 3.03. The van der Waals surface area contributed by atoms with Crippen molar-refractivity contribution in [3.05, 3.63) is 56.8 Å². The van der Waals surface area contributed by atoms with Crippen LogP contribution in [0.2, 0.25) is 0 Å². The minimum absolute atomic E-state index is 0.141. The summed E-state index contributed by atoms with van der Waals surface area (Å²) < 4.78 is 6.20. The zero-order valence-electron chi connectivity index (χ0n) is 11.2. The smallest absolute Gasteiger partial charge is 0.337 e. The molecule has 106 valence electrons. The normalized spacial score (nSPS) is 19.9. The Morgan fingerprint density at radius 3 is 2.86 bits per heavy atom. The van der Waals surface area contributed by atoms with Gasteiger partial charge < -0.3 is 10.1 Å². The van der Waals surface area contributed by atoms with Gasteiger partial charge in [0.2, 0.25) is 0 Å². The molecular weight excluding hydrogens is 334 g/mol. The number of nitrogens with zero attached hydrogens (tertiary/aromatic N) is 1. The third kappa shape index (κ3) is 1.82. The van der Waals surface area contributed by atoms with E-state index in [4.69, 9.17) is 4.74 Å². The summed E-state index contributed by atoms with van der Waals surface area (Å²) in [7, 11) is 0. The van der Waals surface area contributed by atoms with E-state index in [2.05, 4.69) is 31.4 Å². The summed E-state index contributed by atoms with van der Waals surface area (Å²) >= 11 is 3.44. The second-order valence-electron chi connectivity index (χ2n) is 5.19. The standard InChI is InChI=1S/C15H12BrN3O2/c1-7-11-12(8-2-4-9(16)5-3-8)13-10(6-21-15(13)20)17-14(11)19-18-7/h2-5,12H,6H2,1H3,(H2,17,18,19)/t12-/m1/s1. The number of aromatic amines is 1. The zero-order chi connectivity index (χ0) is 14.6. The Morgan fingerprint density at radius 2 is 2.10 bits per heavy atom. The van der Waals surface area contributed by atoms with Crippen LogP contribution in [-0.4, -0.2) is 22.8 Å². The molecule has 6 heteroatoms. The Balaban J connectivity index is 1.94. The van der Waals surface area contributed by atoms with E-state index in [1.54, 1.807) is 0 Å². The summed E-state index contributed by atoms with van der Waals surface area (Å²) in [5.74, 6) is 0.382. The third-order valence-corrected chi connectivity index (χ3v) is 4.47. The van der Waals surface area contributed by atoms with Crippen LogP contribution in [0.5, 0.6) is 0 Å². The molecule has 2 aliphatic heterocycles. The molecule has 5 nitrogen and oxygen atoms in total. The molecule has 0 saturated heterocycles. The number of halogens is 1. The van der Waals surface area contributed by atoms with Crippen LogP contribution in [0.25, 0.3) is 0 Å². The molecular formula is C15H12BrN3O2. The van der Waals surface area contributed by atoms with Gasteiger partial charge in [0, 0.05) is 21.6 Å². The number of aryl methyl sites for hydroxylation is 1. The lowest BCUT2D eigenvalue weighted by Crippen LogP contribution is -2.19. The fourth-order valence-electron chi connectivity index (χ4n) is 2.97. The maximum absolute atomic E-state index is 12.1. The minimum atomic E-state index is -0.253. The second-order valence-corrected chi connectivity index (χ2v) is 6.10. The third-order valence-electron chi connectivity index (χ3n) is 3.94. The number of cyclic esters (lactones) is 1. The van der Waals surface area contributed by atoms with Gasteiger partial charge in [-0.05, 0) is 24.6 Å². The first kappa shape index (κ1) is 12.6. The van der Waals surface area contributed by atoms with E-state index >= 15 is 0 Å². The van der Waals surface area contributed by atoms with Gasteiger partial charge >= 0.3 is 5.97 Å². The van der Waals surface area contributed by atoms with Crippen LogP contribution in [-0.2, 0) is 9.53 Å². The summed E-state index contributed by atoms with van der Waals surface area (Å²) in [5, 5.41) is 10.5. The Labute approximate surface area is 129 Å². The first-order valence-corrected chi connectivity index (χ1v) is 7.42. The summed E-state index contributed by atoms with van der Waals surface area (Å²) in [5.41, 5.74) is 4.52.